The highest BCUT2D eigenvalue weighted by Gasteiger charge is 2.46. The number of hydrogen-bond donors (Lipinski definition) is 1. The molecule has 0 radical (unpaired) electrons. The van der Waals surface area contributed by atoms with Crippen LogP contribution in [0.4, 0.5) is 5.69 Å². The monoisotopic (exact) mass is 399 g/mol. The summed E-state index contributed by atoms with van der Waals surface area (Å²) in [4.78, 5) is 27.5. The number of benzene rings is 3. The second-order valence-corrected chi connectivity index (χ2v) is 6.87. The molecule has 0 unspecified atom stereocenters. The van der Waals surface area contributed by atoms with Gasteiger partial charge in [-0.25, -0.2) is 0 Å². The lowest BCUT2D eigenvalue weighted by Crippen LogP contribution is -2.29. The second-order valence-electron chi connectivity index (χ2n) is 6.87. The average Bonchev–Trinajstić information content (AvgIpc) is 3.06. The van der Waals surface area contributed by atoms with Crippen molar-refractivity contribution in [2.24, 2.45) is 0 Å². The molecular formula is C25H21NO4. The third kappa shape index (κ3) is 3.46. The molecule has 1 atom stereocenters. The van der Waals surface area contributed by atoms with E-state index < -0.39 is 17.7 Å². The van der Waals surface area contributed by atoms with Gasteiger partial charge in [0.2, 0.25) is 0 Å². The van der Waals surface area contributed by atoms with E-state index in [2.05, 4.69) is 0 Å². The van der Waals surface area contributed by atoms with Crippen LogP contribution in [-0.2, 0) is 9.59 Å². The lowest BCUT2D eigenvalue weighted by molar-refractivity contribution is -0.132. The third-order valence-corrected chi connectivity index (χ3v) is 5.03. The standard InChI is InChI=1S/C25H21NO4/c1-2-30-20-15-13-19(14-16-20)26-22(17-9-5-3-6-10-17)21(24(28)25(26)29)23(27)18-11-7-4-8-12-18/h3-16,22,27H,2H2,1H3/t22-/m0/s1. The Kier molecular flexibility index (Phi) is 5.35. The van der Waals surface area contributed by atoms with Crippen LogP contribution in [0.15, 0.2) is 90.5 Å². The fraction of sp³-hybridized carbons (Fsp3) is 0.120. The van der Waals surface area contributed by atoms with E-state index in [-0.39, 0.29) is 11.3 Å². The Hall–Kier alpha value is -3.86. The molecule has 150 valence electrons. The number of aliphatic hydroxyl groups excluding tert-OH is 1. The van der Waals surface area contributed by atoms with Gasteiger partial charge in [-0.05, 0) is 36.8 Å². The van der Waals surface area contributed by atoms with Gasteiger partial charge in [0, 0.05) is 11.3 Å². The molecule has 1 saturated heterocycles. The maximum absolute atomic E-state index is 13.0. The topological polar surface area (TPSA) is 66.8 Å². The summed E-state index contributed by atoms with van der Waals surface area (Å²) in [6.45, 7) is 2.43. The first-order chi connectivity index (χ1) is 14.6. The van der Waals surface area contributed by atoms with Gasteiger partial charge in [0.1, 0.15) is 11.5 Å². The van der Waals surface area contributed by atoms with Crippen LogP contribution < -0.4 is 9.64 Å². The Morgan fingerprint density at radius 2 is 1.50 bits per heavy atom. The molecule has 5 nitrogen and oxygen atoms in total. The Morgan fingerprint density at radius 3 is 2.10 bits per heavy atom. The van der Waals surface area contributed by atoms with Gasteiger partial charge in [0.25, 0.3) is 11.7 Å². The Bertz CT molecular complexity index is 1090. The predicted molar refractivity (Wildman–Crippen MR) is 115 cm³/mol. The first-order valence-corrected chi connectivity index (χ1v) is 9.76. The average molecular weight is 399 g/mol. The molecule has 3 aromatic carbocycles. The first kappa shape index (κ1) is 19.5. The SMILES string of the molecule is CCOc1ccc(N2C(=O)C(=O)C(=C(O)c3ccccc3)[C@@H]2c2ccccc2)cc1. The molecule has 1 heterocycles. The van der Waals surface area contributed by atoms with Crippen LogP contribution in [0, 0.1) is 0 Å². The lowest BCUT2D eigenvalue weighted by Gasteiger charge is -2.25. The highest BCUT2D eigenvalue weighted by atomic mass is 16.5. The summed E-state index contributed by atoms with van der Waals surface area (Å²) in [7, 11) is 0. The maximum Gasteiger partial charge on any atom is 0.300 e. The van der Waals surface area contributed by atoms with E-state index in [1.807, 2.05) is 43.3 Å². The summed E-state index contributed by atoms with van der Waals surface area (Å²) in [5.74, 6) is -0.890. The molecule has 1 amide bonds. The molecular weight excluding hydrogens is 378 g/mol. The number of carbonyl (C=O) groups is 2. The number of aliphatic hydroxyl groups is 1. The van der Waals surface area contributed by atoms with E-state index in [1.54, 1.807) is 48.5 Å². The quantitative estimate of drug-likeness (QED) is 0.383. The van der Waals surface area contributed by atoms with E-state index in [0.717, 1.165) is 5.56 Å². The number of carbonyl (C=O) groups excluding carboxylic acids is 2. The van der Waals surface area contributed by atoms with Crippen LogP contribution in [0.5, 0.6) is 5.75 Å². The van der Waals surface area contributed by atoms with Gasteiger partial charge < -0.3 is 9.84 Å². The van der Waals surface area contributed by atoms with E-state index in [4.69, 9.17) is 4.74 Å². The van der Waals surface area contributed by atoms with Gasteiger partial charge in [-0.1, -0.05) is 60.7 Å². The number of anilines is 1. The van der Waals surface area contributed by atoms with Crippen LogP contribution in [0.3, 0.4) is 0 Å². The number of rotatable bonds is 5. The van der Waals surface area contributed by atoms with E-state index in [1.165, 1.54) is 4.90 Å². The molecule has 0 bridgehead atoms. The summed E-state index contributed by atoms with van der Waals surface area (Å²) in [6.07, 6.45) is 0. The number of ketones is 1. The molecule has 1 N–H and O–H groups in total. The summed E-state index contributed by atoms with van der Waals surface area (Å²) in [5, 5.41) is 11.0. The minimum Gasteiger partial charge on any atom is -0.507 e. The highest BCUT2D eigenvalue weighted by Crippen LogP contribution is 2.42. The largest absolute Gasteiger partial charge is 0.507 e. The van der Waals surface area contributed by atoms with Gasteiger partial charge in [-0.2, -0.15) is 0 Å². The molecule has 1 fully saturated rings. The Labute approximate surface area is 174 Å². The third-order valence-electron chi connectivity index (χ3n) is 5.03. The van der Waals surface area contributed by atoms with Crippen molar-refractivity contribution in [2.45, 2.75) is 13.0 Å². The van der Waals surface area contributed by atoms with E-state index in [9.17, 15) is 14.7 Å². The van der Waals surface area contributed by atoms with Crippen molar-refractivity contribution in [3.8, 4) is 5.75 Å². The summed E-state index contributed by atoms with van der Waals surface area (Å²) in [6, 6.07) is 24.3. The van der Waals surface area contributed by atoms with E-state index in [0.29, 0.717) is 23.6 Å². The van der Waals surface area contributed by atoms with Crippen molar-refractivity contribution in [2.75, 3.05) is 11.5 Å². The zero-order valence-corrected chi connectivity index (χ0v) is 16.5. The van der Waals surface area contributed by atoms with Crippen LogP contribution in [0.1, 0.15) is 24.1 Å². The van der Waals surface area contributed by atoms with Crippen molar-refractivity contribution in [1.29, 1.82) is 0 Å². The van der Waals surface area contributed by atoms with Crippen molar-refractivity contribution < 1.29 is 19.4 Å². The van der Waals surface area contributed by atoms with Crippen LogP contribution in [0.25, 0.3) is 5.76 Å². The van der Waals surface area contributed by atoms with Crippen molar-refractivity contribution >= 4 is 23.1 Å². The molecule has 3 aromatic rings. The molecule has 0 saturated carbocycles. The normalized spacial score (nSPS) is 17.9. The van der Waals surface area contributed by atoms with Gasteiger partial charge >= 0.3 is 0 Å². The number of Topliss-reactive ketones (excluding diaryl/α,β-unsaturated/α-hetero) is 1. The molecule has 4 rings (SSSR count). The van der Waals surface area contributed by atoms with Crippen LogP contribution >= 0.6 is 0 Å². The predicted octanol–water partition coefficient (Wildman–Crippen LogP) is 4.71. The van der Waals surface area contributed by atoms with Gasteiger partial charge in [0.15, 0.2) is 0 Å². The molecule has 5 heteroatoms. The van der Waals surface area contributed by atoms with Gasteiger partial charge in [-0.15, -0.1) is 0 Å². The van der Waals surface area contributed by atoms with Gasteiger partial charge in [-0.3, -0.25) is 14.5 Å². The zero-order chi connectivity index (χ0) is 21.1. The first-order valence-electron chi connectivity index (χ1n) is 9.76. The number of nitrogens with zero attached hydrogens (tertiary/aromatic N) is 1. The number of hydrogen-bond acceptors (Lipinski definition) is 4. The maximum atomic E-state index is 13.0. The smallest absolute Gasteiger partial charge is 0.300 e. The molecule has 0 spiro atoms. The van der Waals surface area contributed by atoms with Crippen molar-refractivity contribution in [1.82, 2.24) is 0 Å². The van der Waals surface area contributed by atoms with E-state index >= 15 is 0 Å². The Balaban J connectivity index is 1.87. The van der Waals surface area contributed by atoms with Crippen LogP contribution in [-0.4, -0.2) is 23.4 Å². The summed E-state index contributed by atoms with van der Waals surface area (Å²) < 4.78 is 5.48. The molecule has 0 aromatic heterocycles. The fourth-order valence-corrected chi connectivity index (χ4v) is 3.67. The lowest BCUT2D eigenvalue weighted by atomic mass is 9.95. The molecule has 1 aliphatic heterocycles. The molecule has 30 heavy (non-hydrogen) atoms. The van der Waals surface area contributed by atoms with Crippen molar-refractivity contribution in [3.05, 3.63) is 102 Å². The van der Waals surface area contributed by atoms with Crippen LogP contribution in [0.2, 0.25) is 0 Å². The molecule has 0 aliphatic carbocycles. The highest BCUT2D eigenvalue weighted by molar-refractivity contribution is 6.51. The zero-order valence-electron chi connectivity index (χ0n) is 16.5. The fourth-order valence-electron chi connectivity index (χ4n) is 3.67. The minimum absolute atomic E-state index is 0.0753. The number of amides is 1. The van der Waals surface area contributed by atoms with Crippen molar-refractivity contribution in [3.63, 3.8) is 0 Å². The molecule has 1 aliphatic rings. The Morgan fingerprint density at radius 1 is 0.900 bits per heavy atom. The minimum atomic E-state index is -0.732. The number of ether oxygens (including phenoxy) is 1. The summed E-state index contributed by atoms with van der Waals surface area (Å²) >= 11 is 0. The van der Waals surface area contributed by atoms with Gasteiger partial charge in [0.05, 0.1) is 18.2 Å². The summed E-state index contributed by atoms with van der Waals surface area (Å²) in [5.41, 5.74) is 1.86. The second kappa shape index (κ2) is 8.25.